The van der Waals surface area contributed by atoms with Gasteiger partial charge in [-0.1, -0.05) is 119 Å². The van der Waals surface area contributed by atoms with E-state index in [4.69, 9.17) is 16.3 Å². The van der Waals surface area contributed by atoms with Crippen molar-refractivity contribution in [2.45, 2.75) is 154 Å². The molecule has 5 heterocycles. The first-order chi connectivity index (χ1) is 48.1. The summed E-state index contributed by atoms with van der Waals surface area (Å²) >= 11 is 9.92. The van der Waals surface area contributed by atoms with Crippen LogP contribution in [0.15, 0.2) is 137 Å². The largest absolute Gasteiger partial charge is 0.391 e. The molecule has 11 rings (SSSR count). The number of hydrogen-bond acceptors (Lipinski definition) is 15. The highest BCUT2D eigenvalue weighted by Gasteiger charge is 2.45. The maximum atomic E-state index is 14.5. The van der Waals surface area contributed by atoms with Crippen LogP contribution >= 0.6 is 34.7 Å². The molecule has 6 aromatic rings. The van der Waals surface area contributed by atoms with E-state index in [0.29, 0.717) is 18.2 Å². The Labute approximate surface area is 606 Å². The number of nitrogens with one attached hydrogen (secondary N) is 3. The van der Waals surface area contributed by atoms with Crippen molar-refractivity contribution in [3.8, 4) is 10.4 Å². The third-order valence-corrected chi connectivity index (χ3v) is 23.7. The van der Waals surface area contributed by atoms with Gasteiger partial charge in [-0.3, -0.25) is 33.8 Å². The zero-order valence-electron chi connectivity index (χ0n) is 59.7. The highest BCUT2D eigenvalue weighted by atomic mass is 35.5. The molecular formula is C81H104ClN9O7S2. The van der Waals surface area contributed by atoms with Gasteiger partial charge in [0.2, 0.25) is 11.8 Å². The maximum Gasteiger partial charge on any atom is 0.251 e. The van der Waals surface area contributed by atoms with Crippen LogP contribution in [-0.4, -0.2) is 181 Å². The van der Waals surface area contributed by atoms with Gasteiger partial charge in [0, 0.05) is 155 Å². The van der Waals surface area contributed by atoms with Crippen molar-refractivity contribution in [2.75, 3.05) is 108 Å². The molecule has 6 atom stereocenters. The van der Waals surface area contributed by atoms with Crippen LogP contribution in [0.25, 0.3) is 16.0 Å². The molecule has 0 bridgehead atoms. The second kappa shape index (κ2) is 34.5. The van der Waals surface area contributed by atoms with Crippen LogP contribution in [0.3, 0.4) is 0 Å². The first-order valence-corrected chi connectivity index (χ1v) is 38.5. The lowest BCUT2D eigenvalue weighted by molar-refractivity contribution is -0.146. The number of thiazole rings is 1. The van der Waals surface area contributed by atoms with Gasteiger partial charge in [0.1, 0.15) is 5.78 Å². The molecular weight excluding hydrogens is 1310 g/mol. The molecule has 4 aliphatic heterocycles. The van der Waals surface area contributed by atoms with Gasteiger partial charge in [0.05, 0.1) is 47.9 Å². The maximum absolute atomic E-state index is 14.5. The number of amides is 3. The van der Waals surface area contributed by atoms with Crippen LogP contribution in [-0.2, 0) is 30.5 Å². The smallest absolute Gasteiger partial charge is 0.251 e. The van der Waals surface area contributed by atoms with E-state index < -0.39 is 23.5 Å². The minimum absolute atomic E-state index is 0.0280. The number of thioether (sulfide) groups is 1. The Kier molecular flexibility index (Phi) is 25.7. The van der Waals surface area contributed by atoms with Crippen LogP contribution in [0.5, 0.6) is 0 Å². The number of anilines is 2. The molecule has 4 N–H and O–H groups in total. The highest BCUT2D eigenvalue weighted by Crippen LogP contribution is 2.45. The van der Waals surface area contributed by atoms with Gasteiger partial charge >= 0.3 is 0 Å². The molecule has 4 saturated heterocycles. The first-order valence-electron chi connectivity index (χ1n) is 36.3. The molecule has 0 saturated carbocycles. The minimum Gasteiger partial charge on any atom is -0.391 e. The standard InChI is InChI=1S/C81H104ClN9O7S2/c1-55(59-14-16-61(17-15-59)77-57(3)84-54-100-77)44-75(94)74-46-69(93)51-91(74)79(97)72(80(4,5)6)45-68(92)47-76(95)86-65-28-33-89(34-29-65)53-81(7)31-27-71(60-18-22-64(82)23-19-60)63(48-81)50-88-35-37-90(38-36-88)67-24-20-62(21-25-67)78(96)83-49-58-13-26-73(56(2)43-58)85-66(30-32-87-39-41-98-42-40-87)52-99-70-11-9-8-10-12-70/h8-26,43,54-55,65-66,69,72,74,85,93H,27-42,44-53H2,1-7H3,(H,83,96)(H,86,95)/t55-,66-,69-,72-,74+,81?/m1/s1. The average molecular weight is 1420 g/mol. The quantitative estimate of drug-likeness (QED) is 0.0269. The molecule has 0 radical (unpaired) electrons. The molecule has 4 fully saturated rings. The normalized spacial score (nSPS) is 20.8. The summed E-state index contributed by atoms with van der Waals surface area (Å²) in [5.41, 5.74) is 13.6. The Morgan fingerprint density at radius 2 is 1.53 bits per heavy atom. The summed E-state index contributed by atoms with van der Waals surface area (Å²) in [6, 6.07) is 41.1. The fourth-order valence-corrected chi connectivity index (χ4v) is 17.3. The van der Waals surface area contributed by atoms with Gasteiger partial charge < -0.3 is 40.5 Å². The third-order valence-electron chi connectivity index (χ3n) is 21.3. The number of Topliss-reactive ketones (excluding diaryl/α,β-unsaturated/α-hetero) is 2. The number of carbonyl (C=O) groups excluding carboxylic acids is 5. The zero-order valence-corrected chi connectivity index (χ0v) is 62.1. The van der Waals surface area contributed by atoms with E-state index in [-0.39, 0.29) is 78.9 Å². The second-order valence-corrected chi connectivity index (χ2v) is 32.6. The molecule has 1 aromatic heterocycles. The Hall–Kier alpha value is -6.74. The number of nitrogens with zero attached hydrogens (tertiary/aromatic N) is 6. The summed E-state index contributed by atoms with van der Waals surface area (Å²) in [4.78, 5) is 87.8. The number of aromatic nitrogens is 1. The monoisotopic (exact) mass is 1410 g/mol. The summed E-state index contributed by atoms with van der Waals surface area (Å²) in [7, 11) is 0. The van der Waals surface area contributed by atoms with Crippen LogP contribution in [0.2, 0.25) is 5.02 Å². The fourth-order valence-electron chi connectivity index (χ4n) is 15.4. The lowest BCUT2D eigenvalue weighted by Crippen LogP contribution is -2.49. The molecule has 5 aliphatic rings. The number of allylic oxidation sites excluding steroid dienone is 1. The fraction of sp³-hybridized carbons (Fsp3) is 0.506. The number of piperazine rings is 1. The SMILES string of the molecule is Cc1cc(CNC(=O)c2ccc(N3CCN(CC4=C(c5ccc(Cl)cc5)CCC(C)(CN5CCC(NC(=O)CC(=O)C[C@H](C(=O)N6C[C@H](O)C[C@H]6C(=O)C[C@@H](C)c6ccc(-c7scnc7C)cc6)C(C)(C)C)CC5)C4)CC3)cc2)ccc1N[C@H](CCN1CCOCC1)CSc1ccccc1. The second-order valence-electron chi connectivity index (χ2n) is 30.2. The number of morpholine rings is 1. The number of ether oxygens (including phenoxy) is 1. The number of aliphatic hydroxyl groups excluding tert-OH is 1. The van der Waals surface area contributed by atoms with Crippen LogP contribution < -0.4 is 20.9 Å². The van der Waals surface area contributed by atoms with Gasteiger partial charge in [-0.25, -0.2) is 4.98 Å². The molecule has 19 heteroatoms. The Morgan fingerprint density at radius 3 is 2.21 bits per heavy atom. The van der Waals surface area contributed by atoms with E-state index in [2.05, 4.69) is 139 Å². The number of rotatable bonds is 28. The average Bonchev–Trinajstić information content (AvgIpc) is 1.09. The zero-order chi connectivity index (χ0) is 70.5. The molecule has 1 unspecified atom stereocenters. The van der Waals surface area contributed by atoms with Gasteiger partial charge in [0.25, 0.3) is 5.91 Å². The van der Waals surface area contributed by atoms with E-state index in [1.807, 2.05) is 88.3 Å². The van der Waals surface area contributed by atoms with Crippen LogP contribution in [0.1, 0.15) is 143 Å². The van der Waals surface area contributed by atoms with Crippen molar-refractivity contribution in [1.82, 2.24) is 35.2 Å². The third kappa shape index (κ3) is 20.3. The summed E-state index contributed by atoms with van der Waals surface area (Å²) in [6.45, 7) is 26.5. The molecule has 3 amide bonds. The number of piperidine rings is 1. The Balaban J connectivity index is 0.622. The minimum atomic E-state index is -0.847. The summed E-state index contributed by atoms with van der Waals surface area (Å²) in [5.74, 6) is -1.10. The number of likely N-dealkylation sites (tertiary alicyclic amines) is 2. The summed E-state index contributed by atoms with van der Waals surface area (Å²) in [6.07, 6.45) is 4.68. The number of benzene rings is 5. The van der Waals surface area contributed by atoms with E-state index >= 15 is 0 Å². The number of aliphatic hydroxyl groups is 1. The summed E-state index contributed by atoms with van der Waals surface area (Å²) in [5, 5.41) is 21.8. The molecule has 534 valence electrons. The molecule has 1 aliphatic carbocycles. The number of ketones is 2. The van der Waals surface area contributed by atoms with Crippen molar-refractivity contribution in [3.63, 3.8) is 0 Å². The number of carbonyl (C=O) groups is 5. The van der Waals surface area contributed by atoms with Crippen LogP contribution in [0, 0.1) is 30.6 Å². The van der Waals surface area contributed by atoms with E-state index in [0.717, 1.165) is 179 Å². The topological polar surface area (TPSA) is 180 Å². The lowest BCUT2D eigenvalue weighted by atomic mass is 9.71. The highest BCUT2D eigenvalue weighted by molar-refractivity contribution is 7.99. The van der Waals surface area contributed by atoms with Crippen molar-refractivity contribution in [2.24, 2.45) is 16.7 Å². The van der Waals surface area contributed by atoms with E-state index in [1.165, 1.54) is 26.5 Å². The molecule has 0 spiro atoms. The number of β-amino-alcohol motifs (C(OH)–C–C–N with tert-alkyl or cyclic N) is 1. The van der Waals surface area contributed by atoms with Gasteiger partial charge in [0.15, 0.2) is 5.78 Å². The van der Waals surface area contributed by atoms with E-state index in [1.54, 1.807) is 11.3 Å². The number of hydrogen-bond donors (Lipinski definition) is 4. The van der Waals surface area contributed by atoms with Gasteiger partial charge in [-0.15, -0.1) is 23.1 Å². The number of halogens is 1. The molecule has 100 heavy (non-hydrogen) atoms. The van der Waals surface area contributed by atoms with Crippen molar-refractivity contribution in [1.29, 1.82) is 0 Å². The predicted molar refractivity (Wildman–Crippen MR) is 405 cm³/mol. The Morgan fingerprint density at radius 1 is 0.820 bits per heavy atom. The lowest BCUT2D eigenvalue weighted by Gasteiger charge is -2.44. The van der Waals surface area contributed by atoms with Crippen molar-refractivity contribution in [3.05, 3.63) is 171 Å². The number of aryl methyl sites for hydroxylation is 2. The Bertz CT molecular complexity index is 3770. The molecule has 16 nitrogen and oxygen atoms in total. The molecule has 5 aromatic carbocycles. The van der Waals surface area contributed by atoms with Crippen LogP contribution in [0.4, 0.5) is 11.4 Å². The van der Waals surface area contributed by atoms with Gasteiger partial charge in [-0.05, 0) is 157 Å². The van der Waals surface area contributed by atoms with Crippen molar-refractivity contribution < 1.29 is 33.8 Å². The van der Waals surface area contributed by atoms with Gasteiger partial charge in [-0.2, -0.15) is 0 Å². The summed E-state index contributed by atoms with van der Waals surface area (Å²) < 4.78 is 5.60. The first kappa shape index (κ1) is 74.4. The predicted octanol–water partition coefficient (Wildman–Crippen LogP) is 13.4. The van der Waals surface area contributed by atoms with Crippen molar-refractivity contribution >= 4 is 80.9 Å². The van der Waals surface area contributed by atoms with E-state index in [9.17, 15) is 29.1 Å².